The molecule has 2 aromatic carbocycles. The molecule has 0 spiro atoms. The van der Waals surface area contributed by atoms with Crippen LogP contribution in [0, 0.1) is 10.1 Å². The van der Waals surface area contributed by atoms with Gasteiger partial charge in [-0.2, -0.15) is 5.10 Å². The van der Waals surface area contributed by atoms with Gasteiger partial charge < -0.3 is 4.42 Å². The average molecular weight is 493 g/mol. The summed E-state index contributed by atoms with van der Waals surface area (Å²) in [4.78, 5) is 22.3. The fraction of sp³-hybridized carbons (Fsp3) is 0. The fourth-order valence-electron chi connectivity index (χ4n) is 2.23. The summed E-state index contributed by atoms with van der Waals surface area (Å²) < 4.78 is 6.98. The van der Waals surface area contributed by atoms with Gasteiger partial charge in [0, 0.05) is 32.2 Å². The molecule has 0 aliphatic carbocycles. The molecule has 1 N–H and O–H groups in total. The highest BCUT2D eigenvalue weighted by Crippen LogP contribution is 2.32. The summed E-state index contributed by atoms with van der Waals surface area (Å²) in [5.41, 5.74) is 3.54. The number of hydrogen-bond acceptors (Lipinski definition) is 5. The SMILES string of the molecule is O=C(N/N=C\c1ccc(-c2ccc([N+](=O)[O-])cc2Br)o1)c1cccc(Br)c1. The van der Waals surface area contributed by atoms with Crippen LogP contribution in [0.3, 0.4) is 0 Å². The van der Waals surface area contributed by atoms with Gasteiger partial charge in [-0.3, -0.25) is 14.9 Å². The summed E-state index contributed by atoms with van der Waals surface area (Å²) in [6, 6.07) is 14.7. The molecule has 0 aliphatic heterocycles. The Morgan fingerprint density at radius 3 is 2.67 bits per heavy atom. The number of halogens is 2. The Morgan fingerprint density at radius 1 is 1.15 bits per heavy atom. The number of hydrogen-bond donors (Lipinski definition) is 1. The molecule has 3 aromatic rings. The van der Waals surface area contributed by atoms with Crippen molar-refractivity contribution in [3.8, 4) is 11.3 Å². The van der Waals surface area contributed by atoms with Crippen LogP contribution in [0.5, 0.6) is 0 Å². The second-order valence-corrected chi connectivity index (χ2v) is 7.10. The lowest BCUT2D eigenvalue weighted by Crippen LogP contribution is -2.17. The summed E-state index contributed by atoms with van der Waals surface area (Å²) >= 11 is 6.61. The minimum absolute atomic E-state index is 0.0192. The lowest BCUT2D eigenvalue weighted by molar-refractivity contribution is -0.384. The third kappa shape index (κ3) is 4.69. The number of nitro groups is 1. The third-order valence-corrected chi connectivity index (χ3v) is 4.65. The van der Waals surface area contributed by atoms with E-state index in [0.29, 0.717) is 27.1 Å². The van der Waals surface area contributed by atoms with Crippen LogP contribution >= 0.6 is 31.9 Å². The monoisotopic (exact) mass is 491 g/mol. The standard InChI is InChI=1S/C18H11Br2N3O4/c19-12-3-1-2-11(8-12)18(24)22-21-10-14-5-7-17(27-14)15-6-4-13(23(25)26)9-16(15)20/h1-10H,(H,22,24)/b21-10-. The van der Waals surface area contributed by atoms with Crippen LogP contribution in [0.4, 0.5) is 5.69 Å². The number of carbonyl (C=O) groups excluding carboxylic acids is 1. The molecule has 136 valence electrons. The maximum atomic E-state index is 12.0. The van der Waals surface area contributed by atoms with E-state index in [-0.39, 0.29) is 11.6 Å². The number of furan rings is 1. The van der Waals surface area contributed by atoms with E-state index in [9.17, 15) is 14.9 Å². The van der Waals surface area contributed by atoms with Crippen molar-refractivity contribution >= 4 is 49.7 Å². The number of rotatable bonds is 5. The van der Waals surface area contributed by atoms with Crippen LogP contribution in [0.2, 0.25) is 0 Å². The Bertz CT molecular complexity index is 1050. The highest BCUT2D eigenvalue weighted by atomic mass is 79.9. The normalized spacial score (nSPS) is 10.9. The predicted molar refractivity (Wildman–Crippen MR) is 108 cm³/mol. The summed E-state index contributed by atoms with van der Waals surface area (Å²) in [5, 5.41) is 14.7. The second kappa shape index (κ2) is 8.28. The van der Waals surface area contributed by atoms with E-state index in [1.165, 1.54) is 18.3 Å². The third-order valence-electron chi connectivity index (χ3n) is 3.50. The van der Waals surface area contributed by atoms with Crippen LogP contribution in [0.25, 0.3) is 11.3 Å². The van der Waals surface area contributed by atoms with Gasteiger partial charge in [0.1, 0.15) is 11.5 Å². The Labute approximate surface area is 170 Å². The maximum Gasteiger partial charge on any atom is 0.271 e. The molecule has 0 fully saturated rings. The van der Waals surface area contributed by atoms with E-state index in [1.54, 1.807) is 36.4 Å². The van der Waals surface area contributed by atoms with Gasteiger partial charge in [-0.15, -0.1) is 0 Å². The van der Waals surface area contributed by atoms with E-state index < -0.39 is 4.92 Å². The lowest BCUT2D eigenvalue weighted by Gasteiger charge is -2.01. The molecule has 0 radical (unpaired) electrons. The average Bonchev–Trinajstić information content (AvgIpc) is 3.10. The molecule has 0 saturated carbocycles. The van der Waals surface area contributed by atoms with Gasteiger partial charge in [0.25, 0.3) is 11.6 Å². The molecule has 0 atom stereocenters. The van der Waals surface area contributed by atoms with E-state index in [1.807, 2.05) is 6.07 Å². The summed E-state index contributed by atoms with van der Waals surface area (Å²) in [6.45, 7) is 0. The largest absolute Gasteiger partial charge is 0.455 e. The molecule has 0 saturated heterocycles. The molecular weight excluding hydrogens is 482 g/mol. The Morgan fingerprint density at radius 2 is 1.96 bits per heavy atom. The van der Waals surface area contributed by atoms with Gasteiger partial charge in [-0.1, -0.05) is 22.0 Å². The van der Waals surface area contributed by atoms with Crippen LogP contribution in [-0.4, -0.2) is 17.0 Å². The number of non-ortho nitro benzene ring substituents is 1. The second-order valence-electron chi connectivity index (χ2n) is 5.33. The van der Waals surface area contributed by atoms with Crippen molar-refractivity contribution in [2.75, 3.05) is 0 Å². The van der Waals surface area contributed by atoms with E-state index in [2.05, 4.69) is 42.4 Å². The van der Waals surface area contributed by atoms with Crippen LogP contribution in [-0.2, 0) is 0 Å². The lowest BCUT2D eigenvalue weighted by atomic mass is 10.1. The zero-order valence-corrected chi connectivity index (χ0v) is 16.7. The highest BCUT2D eigenvalue weighted by molar-refractivity contribution is 9.10. The van der Waals surface area contributed by atoms with Gasteiger partial charge in [0.2, 0.25) is 0 Å². The highest BCUT2D eigenvalue weighted by Gasteiger charge is 2.13. The predicted octanol–water partition coefficient (Wildman–Crippen LogP) is 5.14. The summed E-state index contributed by atoms with van der Waals surface area (Å²) in [6.07, 6.45) is 1.37. The maximum absolute atomic E-state index is 12.0. The Hall–Kier alpha value is -2.78. The molecule has 27 heavy (non-hydrogen) atoms. The minimum atomic E-state index is -0.470. The van der Waals surface area contributed by atoms with Crippen molar-refractivity contribution < 1.29 is 14.1 Å². The van der Waals surface area contributed by atoms with Crippen molar-refractivity contribution in [1.29, 1.82) is 0 Å². The first kappa shape index (κ1) is 19.0. The number of amides is 1. The minimum Gasteiger partial charge on any atom is -0.455 e. The van der Waals surface area contributed by atoms with Crippen molar-refractivity contribution in [3.05, 3.63) is 85.0 Å². The van der Waals surface area contributed by atoms with Crippen molar-refractivity contribution in [2.24, 2.45) is 5.10 Å². The zero-order chi connectivity index (χ0) is 19.4. The molecule has 7 nitrogen and oxygen atoms in total. The Kier molecular flexibility index (Phi) is 5.82. The van der Waals surface area contributed by atoms with E-state index in [0.717, 1.165) is 4.47 Å². The van der Waals surface area contributed by atoms with E-state index >= 15 is 0 Å². The van der Waals surface area contributed by atoms with Crippen LogP contribution in [0.1, 0.15) is 16.1 Å². The molecule has 1 amide bonds. The number of carbonyl (C=O) groups is 1. The first-order valence-electron chi connectivity index (χ1n) is 7.57. The molecule has 0 bridgehead atoms. The van der Waals surface area contributed by atoms with E-state index in [4.69, 9.17) is 4.42 Å². The van der Waals surface area contributed by atoms with Gasteiger partial charge in [0.15, 0.2) is 0 Å². The van der Waals surface area contributed by atoms with Gasteiger partial charge >= 0.3 is 0 Å². The molecular formula is C18H11Br2N3O4. The van der Waals surface area contributed by atoms with Crippen LogP contribution in [0.15, 0.2) is 73.1 Å². The summed E-state index contributed by atoms with van der Waals surface area (Å²) in [5.74, 6) is 0.582. The molecule has 3 rings (SSSR count). The number of nitrogens with zero attached hydrogens (tertiary/aromatic N) is 2. The topological polar surface area (TPSA) is 97.7 Å². The first-order chi connectivity index (χ1) is 12.9. The number of benzene rings is 2. The number of nitro benzene ring substituents is 1. The Balaban J connectivity index is 1.70. The van der Waals surface area contributed by atoms with Gasteiger partial charge in [0.05, 0.1) is 11.1 Å². The number of nitrogens with one attached hydrogen (secondary N) is 1. The summed E-state index contributed by atoms with van der Waals surface area (Å²) in [7, 11) is 0. The van der Waals surface area contributed by atoms with Crippen LogP contribution < -0.4 is 5.43 Å². The van der Waals surface area contributed by atoms with Crippen molar-refractivity contribution in [3.63, 3.8) is 0 Å². The number of hydrazone groups is 1. The smallest absolute Gasteiger partial charge is 0.271 e. The van der Waals surface area contributed by atoms with Crippen molar-refractivity contribution in [1.82, 2.24) is 5.43 Å². The molecule has 9 heteroatoms. The molecule has 0 unspecified atom stereocenters. The van der Waals surface area contributed by atoms with Gasteiger partial charge in [-0.05, 0) is 52.3 Å². The molecule has 1 aromatic heterocycles. The van der Waals surface area contributed by atoms with Gasteiger partial charge in [-0.25, -0.2) is 5.43 Å². The van der Waals surface area contributed by atoms with Crippen molar-refractivity contribution in [2.45, 2.75) is 0 Å². The first-order valence-corrected chi connectivity index (χ1v) is 9.16. The quantitative estimate of drug-likeness (QED) is 0.302. The molecule has 1 heterocycles. The zero-order valence-electron chi connectivity index (χ0n) is 13.6. The fourth-order valence-corrected chi connectivity index (χ4v) is 3.19. The molecule has 0 aliphatic rings.